The van der Waals surface area contributed by atoms with Gasteiger partial charge in [0.15, 0.2) is 0 Å². The molecular weight excluding hydrogens is 1200 g/mol. The van der Waals surface area contributed by atoms with Gasteiger partial charge in [-0.1, -0.05) is 244 Å². The standard InChI is InChI=1S/C88H60F6N2/c1-3-57-27-35-63(36-28-57)85(65-39-43-67(44-40-65)87(89,90)91)79-23-11-9-21-75(79)77-53-51-71(55-81(77)85)95(83-25-13-17-61-15-5-7-19-73(61)83)69-47-31-59(32-48-69)60-33-49-70(50-34-60)96(84-26-14-18-62-16-6-8-20-74(62)84)72-52-54-78-76-22-10-12-24-80(76)86(82(78)56-72,64-37-29-58(4-2)30-38-64)66-41-45-68(46-42-66)88(92,93)94/h3-11,13-23,25-56H,1-2,12,24H2. The van der Waals surface area contributed by atoms with E-state index < -0.39 is 34.3 Å². The van der Waals surface area contributed by atoms with Gasteiger partial charge in [0.1, 0.15) is 0 Å². The van der Waals surface area contributed by atoms with Gasteiger partial charge >= 0.3 is 12.4 Å². The fourth-order valence-electron chi connectivity index (χ4n) is 15.5. The molecule has 2 unspecified atom stereocenters. The number of hydrogen-bond donors (Lipinski definition) is 0. The summed E-state index contributed by atoms with van der Waals surface area (Å²) in [6, 6.07) is 95.7. The average molecular weight is 1260 g/mol. The van der Waals surface area contributed by atoms with Gasteiger partial charge < -0.3 is 9.80 Å². The Morgan fingerprint density at radius 2 is 0.750 bits per heavy atom. The Kier molecular flexibility index (Phi) is 14.4. The number of benzene rings is 13. The van der Waals surface area contributed by atoms with Crippen molar-refractivity contribution in [3.63, 3.8) is 0 Å². The molecule has 0 bridgehead atoms. The first-order valence-corrected chi connectivity index (χ1v) is 32.1. The van der Waals surface area contributed by atoms with E-state index >= 15 is 0 Å². The summed E-state index contributed by atoms with van der Waals surface area (Å²) < 4.78 is 86.2. The smallest absolute Gasteiger partial charge is 0.310 e. The van der Waals surface area contributed by atoms with Gasteiger partial charge in [0.05, 0.1) is 33.3 Å². The number of allylic oxidation sites excluding steroid dienone is 4. The van der Waals surface area contributed by atoms with Gasteiger partial charge in [0.2, 0.25) is 0 Å². The molecule has 13 aromatic carbocycles. The Balaban J connectivity index is 0.823. The van der Waals surface area contributed by atoms with Crippen LogP contribution < -0.4 is 9.80 Å². The van der Waals surface area contributed by atoms with Crippen molar-refractivity contribution >= 4 is 73.4 Å². The first kappa shape index (κ1) is 59.5. The summed E-state index contributed by atoms with van der Waals surface area (Å²) in [5.74, 6) is 0. The Morgan fingerprint density at radius 1 is 0.354 bits per heavy atom. The zero-order valence-corrected chi connectivity index (χ0v) is 52.0. The van der Waals surface area contributed by atoms with Crippen LogP contribution in [0, 0.1) is 0 Å². The van der Waals surface area contributed by atoms with Crippen molar-refractivity contribution in [3.8, 4) is 22.3 Å². The van der Waals surface area contributed by atoms with E-state index in [1.807, 2.05) is 54.6 Å². The molecule has 0 saturated carbocycles. The highest BCUT2D eigenvalue weighted by Crippen LogP contribution is 2.61. The molecule has 3 aliphatic rings. The van der Waals surface area contributed by atoms with Crippen molar-refractivity contribution in [2.24, 2.45) is 0 Å². The first-order chi connectivity index (χ1) is 46.7. The molecule has 0 radical (unpaired) electrons. The van der Waals surface area contributed by atoms with Gasteiger partial charge in [-0.25, -0.2) is 0 Å². The van der Waals surface area contributed by atoms with Crippen molar-refractivity contribution in [2.75, 3.05) is 9.80 Å². The molecule has 0 amide bonds. The Morgan fingerprint density at radius 3 is 1.23 bits per heavy atom. The molecule has 0 heterocycles. The molecule has 0 aromatic heterocycles. The maximum atomic E-state index is 14.4. The maximum absolute atomic E-state index is 14.4. The van der Waals surface area contributed by atoms with Crippen molar-refractivity contribution in [1.29, 1.82) is 0 Å². The largest absolute Gasteiger partial charge is 0.416 e. The van der Waals surface area contributed by atoms with Gasteiger partial charge in [0, 0.05) is 33.5 Å². The normalized spacial score (nSPS) is 16.2. The zero-order chi connectivity index (χ0) is 65.5. The molecule has 2 nitrogen and oxygen atoms in total. The molecule has 0 fully saturated rings. The van der Waals surface area contributed by atoms with Gasteiger partial charge in [0.25, 0.3) is 0 Å². The van der Waals surface area contributed by atoms with Crippen LogP contribution >= 0.6 is 0 Å². The van der Waals surface area contributed by atoms with E-state index in [1.54, 1.807) is 36.4 Å². The summed E-state index contributed by atoms with van der Waals surface area (Å²) in [5, 5.41) is 4.22. The van der Waals surface area contributed by atoms with Crippen LogP contribution in [0.2, 0.25) is 0 Å². The number of halogens is 6. The van der Waals surface area contributed by atoms with Gasteiger partial charge in [-0.2, -0.15) is 26.3 Å². The Bertz CT molecular complexity index is 5260. The molecule has 3 aliphatic carbocycles. The summed E-state index contributed by atoms with van der Waals surface area (Å²) >= 11 is 0. The third-order valence-corrected chi connectivity index (χ3v) is 19.9. The minimum Gasteiger partial charge on any atom is -0.310 e. The summed E-state index contributed by atoms with van der Waals surface area (Å²) in [6.07, 6.45) is 0.464. The molecule has 8 heteroatoms. The first-order valence-electron chi connectivity index (χ1n) is 32.1. The molecule has 464 valence electrons. The predicted octanol–water partition coefficient (Wildman–Crippen LogP) is 24.7. The van der Waals surface area contributed by atoms with Crippen molar-refractivity contribution in [3.05, 3.63) is 389 Å². The number of anilines is 6. The second kappa shape index (κ2) is 23.2. The summed E-state index contributed by atoms with van der Waals surface area (Å²) in [5.41, 5.74) is 17.5. The topological polar surface area (TPSA) is 6.48 Å². The minimum atomic E-state index is -4.52. The minimum absolute atomic E-state index is 0.697. The van der Waals surface area contributed by atoms with E-state index in [-0.39, 0.29) is 0 Å². The molecule has 0 N–H and O–H groups in total. The molecule has 0 saturated heterocycles. The second-order valence-electron chi connectivity index (χ2n) is 24.9. The van der Waals surface area contributed by atoms with Gasteiger partial charge in [-0.05, 0) is 198 Å². The lowest BCUT2D eigenvalue weighted by molar-refractivity contribution is -0.138. The van der Waals surface area contributed by atoms with E-state index in [4.69, 9.17) is 0 Å². The van der Waals surface area contributed by atoms with Crippen molar-refractivity contribution in [2.45, 2.75) is 36.0 Å². The highest BCUT2D eigenvalue weighted by Gasteiger charge is 2.49. The zero-order valence-electron chi connectivity index (χ0n) is 52.0. The molecule has 96 heavy (non-hydrogen) atoms. The monoisotopic (exact) mass is 1260 g/mol. The van der Waals surface area contributed by atoms with E-state index in [0.717, 1.165) is 152 Å². The van der Waals surface area contributed by atoms with Crippen LogP contribution in [0.4, 0.5) is 60.5 Å². The number of nitrogens with zero attached hydrogens (tertiary/aromatic N) is 2. The number of fused-ring (bicyclic) bond motifs is 7. The molecule has 13 aromatic rings. The quantitative estimate of drug-likeness (QED) is 0.106. The molecule has 0 aliphatic heterocycles. The Hall–Kier alpha value is -11.5. The molecule has 0 spiro atoms. The third kappa shape index (κ3) is 9.64. The number of rotatable bonds is 13. The van der Waals surface area contributed by atoms with E-state index in [0.29, 0.717) is 5.56 Å². The SMILES string of the molecule is C=Cc1ccc(C2(c3ccc(C(F)(F)F)cc3)C3=C(C=CCC3)c3ccc(N(c4ccc(-c5ccc(N(c6ccc7c(c6)C(c6ccc(C=C)cc6)(c6ccc(C(F)(F)F)cc6)c6ccccc6-7)c6cccc7ccccc67)cc5)cc4)c4cccc5ccccc45)cc32)cc1. The van der Waals surface area contributed by atoms with E-state index in [1.165, 1.54) is 24.3 Å². The van der Waals surface area contributed by atoms with Crippen LogP contribution in [0.15, 0.2) is 322 Å². The lowest BCUT2D eigenvalue weighted by atomic mass is 9.65. The summed E-state index contributed by atoms with van der Waals surface area (Å²) in [7, 11) is 0. The van der Waals surface area contributed by atoms with Crippen molar-refractivity contribution < 1.29 is 26.3 Å². The highest BCUT2D eigenvalue weighted by atomic mass is 19.4. The van der Waals surface area contributed by atoms with Crippen molar-refractivity contribution in [1.82, 2.24) is 0 Å². The highest BCUT2D eigenvalue weighted by molar-refractivity contribution is 6.02. The van der Waals surface area contributed by atoms with E-state index in [2.05, 4.69) is 223 Å². The second-order valence-corrected chi connectivity index (χ2v) is 24.9. The number of hydrogen-bond acceptors (Lipinski definition) is 2. The molecule has 16 rings (SSSR count). The maximum Gasteiger partial charge on any atom is 0.416 e. The van der Waals surface area contributed by atoms with Crippen LogP contribution in [0.3, 0.4) is 0 Å². The van der Waals surface area contributed by atoms with Gasteiger partial charge in [-0.3, -0.25) is 0 Å². The fourth-order valence-corrected chi connectivity index (χ4v) is 15.5. The van der Waals surface area contributed by atoms with Crippen LogP contribution in [-0.2, 0) is 23.2 Å². The Labute approximate surface area is 553 Å². The average Bonchev–Trinajstić information content (AvgIpc) is 1.54. The fraction of sp³-hybridized carbons (Fsp3) is 0.0682. The lowest BCUT2D eigenvalue weighted by Crippen LogP contribution is -2.30. The number of alkyl halides is 6. The third-order valence-electron chi connectivity index (χ3n) is 19.9. The van der Waals surface area contributed by atoms with Crippen LogP contribution in [0.5, 0.6) is 0 Å². The molecular formula is C88H60F6N2. The lowest BCUT2D eigenvalue weighted by Gasteiger charge is -2.37. The van der Waals surface area contributed by atoms with Crippen LogP contribution in [0.1, 0.15) is 79.6 Å². The summed E-state index contributed by atoms with van der Waals surface area (Å²) in [6.45, 7) is 8.04. The summed E-state index contributed by atoms with van der Waals surface area (Å²) in [4.78, 5) is 4.57. The predicted molar refractivity (Wildman–Crippen MR) is 382 cm³/mol. The van der Waals surface area contributed by atoms with Crippen LogP contribution in [-0.4, -0.2) is 0 Å². The van der Waals surface area contributed by atoms with Crippen LogP contribution in [0.25, 0.3) is 61.5 Å². The molecule has 2 atom stereocenters. The van der Waals surface area contributed by atoms with E-state index in [9.17, 15) is 26.3 Å². The van der Waals surface area contributed by atoms with Gasteiger partial charge in [-0.15, -0.1) is 0 Å².